The number of rotatable bonds is 3. The van der Waals surface area contributed by atoms with Gasteiger partial charge in [-0.15, -0.1) is 0 Å². The maximum Gasteiger partial charge on any atom is 0.149 e. The Kier molecular flexibility index (Phi) is 3.61. The van der Waals surface area contributed by atoms with Crippen LogP contribution < -0.4 is 11.1 Å². The molecule has 0 bridgehead atoms. The molecule has 0 aliphatic heterocycles. The number of nitrogens with zero attached hydrogens (tertiary/aromatic N) is 3. The normalized spacial score (nSPS) is 9.37. The van der Waals surface area contributed by atoms with Gasteiger partial charge in [0.2, 0.25) is 0 Å². The molecular weight excluding hydrogens is 238 g/mol. The molecular formula is C14H11N5. The maximum absolute atomic E-state index is 8.82. The zero-order valence-electron chi connectivity index (χ0n) is 10.1. The molecule has 1 heterocycles. The van der Waals surface area contributed by atoms with Crippen LogP contribution in [0.3, 0.4) is 0 Å². The minimum Gasteiger partial charge on any atom is -0.396 e. The first-order valence-electron chi connectivity index (χ1n) is 5.61. The van der Waals surface area contributed by atoms with Crippen molar-refractivity contribution in [1.82, 2.24) is 4.98 Å². The molecule has 0 spiro atoms. The monoisotopic (exact) mass is 249 g/mol. The van der Waals surface area contributed by atoms with E-state index in [2.05, 4.69) is 16.4 Å². The minimum atomic E-state index is 0.425. The Hall–Kier alpha value is -3.05. The van der Waals surface area contributed by atoms with Gasteiger partial charge in [-0.05, 0) is 23.8 Å². The zero-order chi connectivity index (χ0) is 13.7. The molecule has 0 aliphatic carbocycles. The first-order valence-corrected chi connectivity index (χ1v) is 5.61. The van der Waals surface area contributed by atoms with Gasteiger partial charge in [-0.2, -0.15) is 10.5 Å². The van der Waals surface area contributed by atoms with Gasteiger partial charge in [-0.1, -0.05) is 12.1 Å². The van der Waals surface area contributed by atoms with Crippen LogP contribution in [0.2, 0.25) is 0 Å². The van der Waals surface area contributed by atoms with Crippen LogP contribution in [0.25, 0.3) is 0 Å². The number of benzene rings is 1. The summed E-state index contributed by atoms with van der Waals surface area (Å²) in [6.45, 7) is 0.513. The van der Waals surface area contributed by atoms with E-state index in [0.29, 0.717) is 29.2 Å². The largest absolute Gasteiger partial charge is 0.396 e. The molecule has 0 aliphatic rings. The van der Waals surface area contributed by atoms with Crippen molar-refractivity contribution in [3.05, 3.63) is 53.2 Å². The van der Waals surface area contributed by atoms with Crippen molar-refractivity contribution < 1.29 is 0 Å². The van der Waals surface area contributed by atoms with E-state index in [1.165, 1.54) is 6.20 Å². The Bertz CT molecular complexity index is 679. The van der Waals surface area contributed by atoms with E-state index < -0.39 is 0 Å². The van der Waals surface area contributed by atoms with Crippen LogP contribution in [-0.2, 0) is 6.54 Å². The van der Waals surface area contributed by atoms with Crippen LogP contribution in [0.1, 0.15) is 16.7 Å². The number of aromatic nitrogens is 1. The highest BCUT2D eigenvalue weighted by molar-refractivity contribution is 5.63. The standard InChI is InChI=1S/C14H11N5/c15-6-10-2-1-3-11(4-10)8-18-14-13(17)5-12(7-16)9-19-14/h1-5,9H,8,17H2,(H,18,19). The van der Waals surface area contributed by atoms with Crippen LogP contribution >= 0.6 is 0 Å². The van der Waals surface area contributed by atoms with Crippen molar-refractivity contribution in [2.75, 3.05) is 11.1 Å². The maximum atomic E-state index is 8.82. The summed E-state index contributed by atoms with van der Waals surface area (Å²) >= 11 is 0. The minimum absolute atomic E-state index is 0.425. The second-order valence-corrected chi connectivity index (χ2v) is 3.94. The highest BCUT2D eigenvalue weighted by atomic mass is 15.0. The van der Waals surface area contributed by atoms with E-state index in [0.717, 1.165) is 5.56 Å². The van der Waals surface area contributed by atoms with Crippen LogP contribution in [0.4, 0.5) is 11.5 Å². The summed E-state index contributed by atoms with van der Waals surface area (Å²) in [5, 5.41) is 20.6. The van der Waals surface area contributed by atoms with E-state index in [1.54, 1.807) is 18.2 Å². The first-order chi connectivity index (χ1) is 9.22. The molecule has 2 aromatic rings. The molecule has 92 valence electrons. The SMILES string of the molecule is N#Cc1cccc(CNc2ncc(C#N)cc2N)c1. The molecule has 0 saturated carbocycles. The Morgan fingerprint density at radius 1 is 1.16 bits per heavy atom. The van der Waals surface area contributed by atoms with Crippen molar-refractivity contribution in [1.29, 1.82) is 10.5 Å². The number of hydrogen-bond acceptors (Lipinski definition) is 5. The van der Waals surface area contributed by atoms with Gasteiger partial charge in [-0.3, -0.25) is 0 Å². The number of nitriles is 2. The molecule has 0 amide bonds. The molecule has 0 saturated heterocycles. The lowest BCUT2D eigenvalue weighted by Gasteiger charge is -2.08. The molecule has 0 fully saturated rings. The van der Waals surface area contributed by atoms with E-state index in [4.69, 9.17) is 16.3 Å². The third kappa shape index (κ3) is 2.99. The molecule has 0 atom stereocenters. The number of nitrogens with two attached hydrogens (primary N) is 1. The number of hydrogen-bond donors (Lipinski definition) is 2. The Morgan fingerprint density at radius 2 is 1.95 bits per heavy atom. The van der Waals surface area contributed by atoms with Gasteiger partial charge in [0, 0.05) is 12.7 Å². The number of pyridine rings is 1. The van der Waals surface area contributed by atoms with Crippen molar-refractivity contribution in [3.63, 3.8) is 0 Å². The van der Waals surface area contributed by atoms with Gasteiger partial charge in [-0.25, -0.2) is 4.98 Å². The van der Waals surface area contributed by atoms with Gasteiger partial charge in [0.05, 0.1) is 22.9 Å². The third-order valence-electron chi connectivity index (χ3n) is 2.56. The molecule has 3 N–H and O–H groups in total. The fourth-order valence-corrected chi connectivity index (χ4v) is 1.63. The Balaban J connectivity index is 2.11. The summed E-state index contributed by atoms with van der Waals surface area (Å²) in [4.78, 5) is 4.08. The summed E-state index contributed by atoms with van der Waals surface area (Å²) in [7, 11) is 0. The van der Waals surface area contributed by atoms with Crippen molar-refractivity contribution in [3.8, 4) is 12.1 Å². The van der Waals surface area contributed by atoms with Crippen molar-refractivity contribution >= 4 is 11.5 Å². The quantitative estimate of drug-likeness (QED) is 0.867. The van der Waals surface area contributed by atoms with Gasteiger partial charge < -0.3 is 11.1 Å². The average Bonchev–Trinajstić information content (AvgIpc) is 2.46. The second kappa shape index (κ2) is 5.52. The van der Waals surface area contributed by atoms with Crippen LogP contribution in [0.15, 0.2) is 36.5 Å². The zero-order valence-corrected chi connectivity index (χ0v) is 10.1. The van der Waals surface area contributed by atoms with Gasteiger partial charge >= 0.3 is 0 Å². The van der Waals surface area contributed by atoms with Crippen molar-refractivity contribution in [2.45, 2.75) is 6.54 Å². The number of anilines is 2. The smallest absolute Gasteiger partial charge is 0.149 e. The highest BCUT2D eigenvalue weighted by Crippen LogP contribution is 2.17. The predicted molar refractivity (Wildman–Crippen MR) is 71.8 cm³/mol. The first kappa shape index (κ1) is 12.4. The highest BCUT2D eigenvalue weighted by Gasteiger charge is 2.02. The van der Waals surface area contributed by atoms with Gasteiger partial charge in [0.15, 0.2) is 0 Å². The molecule has 5 heteroatoms. The molecule has 1 aromatic carbocycles. The molecule has 2 rings (SSSR count). The van der Waals surface area contributed by atoms with Crippen LogP contribution in [0, 0.1) is 22.7 Å². The molecule has 5 nitrogen and oxygen atoms in total. The number of nitrogen functional groups attached to an aromatic ring is 1. The molecule has 0 unspecified atom stereocenters. The average molecular weight is 249 g/mol. The van der Waals surface area contributed by atoms with E-state index in [-0.39, 0.29) is 0 Å². The van der Waals surface area contributed by atoms with Crippen LogP contribution in [0.5, 0.6) is 0 Å². The van der Waals surface area contributed by atoms with Gasteiger partial charge in [0.25, 0.3) is 0 Å². The summed E-state index contributed by atoms with van der Waals surface area (Å²) < 4.78 is 0. The van der Waals surface area contributed by atoms with E-state index in [1.807, 2.05) is 18.2 Å². The van der Waals surface area contributed by atoms with E-state index >= 15 is 0 Å². The fourth-order valence-electron chi connectivity index (χ4n) is 1.63. The molecule has 0 radical (unpaired) electrons. The molecule has 19 heavy (non-hydrogen) atoms. The summed E-state index contributed by atoms with van der Waals surface area (Å²) in [6, 6.07) is 12.9. The summed E-state index contributed by atoms with van der Waals surface area (Å²) in [5.41, 5.74) is 8.21. The predicted octanol–water partition coefficient (Wildman–Crippen LogP) is 2.02. The Labute approximate surface area is 110 Å². The fraction of sp³-hybridized carbons (Fsp3) is 0.0714. The summed E-state index contributed by atoms with van der Waals surface area (Å²) in [5.74, 6) is 0.529. The number of nitrogens with one attached hydrogen (secondary N) is 1. The van der Waals surface area contributed by atoms with Crippen molar-refractivity contribution in [2.24, 2.45) is 0 Å². The van der Waals surface area contributed by atoms with Gasteiger partial charge in [0.1, 0.15) is 11.9 Å². The Morgan fingerprint density at radius 3 is 2.63 bits per heavy atom. The lowest BCUT2D eigenvalue weighted by molar-refractivity contribution is 1.11. The topological polar surface area (TPSA) is 98.5 Å². The second-order valence-electron chi connectivity index (χ2n) is 3.94. The lowest BCUT2D eigenvalue weighted by Crippen LogP contribution is -2.05. The lowest BCUT2D eigenvalue weighted by atomic mass is 10.1. The van der Waals surface area contributed by atoms with E-state index in [9.17, 15) is 0 Å². The van der Waals surface area contributed by atoms with Crippen LogP contribution in [-0.4, -0.2) is 4.98 Å². The third-order valence-corrected chi connectivity index (χ3v) is 2.56. The summed E-state index contributed by atoms with van der Waals surface area (Å²) in [6.07, 6.45) is 1.46. The molecule has 1 aromatic heterocycles.